The van der Waals surface area contributed by atoms with Crippen molar-refractivity contribution in [2.75, 3.05) is 4.72 Å². The summed E-state index contributed by atoms with van der Waals surface area (Å²) in [7, 11) is -3.81. The highest BCUT2D eigenvalue weighted by Crippen LogP contribution is 2.39. The van der Waals surface area contributed by atoms with Gasteiger partial charge >= 0.3 is 0 Å². The number of hydrogen-bond donors (Lipinski definition) is 3. The fourth-order valence-corrected chi connectivity index (χ4v) is 3.58. The average Bonchev–Trinajstić information content (AvgIpc) is 2.52. The molecule has 0 aliphatic rings. The maximum absolute atomic E-state index is 12.5. The van der Waals surface area contributed by atoms with Gasteiger partial charge in [-0.05, 0) is 24.3 Å². The molecule has 0 radical (unpaired) electrons. The maximum Gasteiger partial charge on any atom is 0.261 e. The number of aromatic hydroxyl groups is 2. The summed E-state index contributed by atoms with van der Waals surface area (Å²) in [5.74, 6) is -0.676. The van der Waals surface area contributed by atoms with Crippen molar-refractivity contribution in [3.63, 3.8) is 0 Å². The van der Waals surface area contributed by atoms with Crippen LogP contribution in [0.15, 0.2) is 64.0 Å². The molecule has 118 valence electrons. The lowest BCUT2D eigenvalue weighted by atomic mass is 10.1. The highest BCUT2D eigenvalue weighted by atomic mass is 79.9. The van der Waals surface area contributed by atoms with Gasteiger partial charge in [-0.25, -0.2) is 8.42 Å². The fraction of sp³-hybridized carbons (Fsp3) is 0. The Balaban J connectivity index is 2.11. The molecule has 0 saturated carbocycles. The van der Waals surface area contributed by atoms with Crippen LogP contribution in [0.1, 0.15) is 0 Å². The van der Waals surface area contributed by atoms with E-state index in [0.29, 0.717) is 10.8 Å². The third-order valence-corrected chi connectivity index (χ3v) is 5.27. The Labute approximate surface area is 141 Å². The largest absolute Gasteiger partial charge is 0.504 e. The first kappa shape index (κ1) is 15.6. The molecule has 5 nitrogen and oxygen atoms in total. The minimum Gasteiger partial charge on any atom is -0.504 e. The van der Waals surface area contributed by atoms with Gasteiger partial charge in [0.1, 0.15) is 0 Å². The van der Waals surface area contributed by atoms with Crippen molar-refractivity contribution >= 4 is 42.4 Å². The number of hydrogen-bond acceptors (Lipinski definition) is 4. The van der Waals surface area contributed by atoms with Gasteiger partial charge in [0.05, 0.1) is 10.6 Å². The molecular weight excluding hydrogens is 382 g/mol. The topological polar surface area (TPSA) is 86.6 Å². The molecule has 0 amide bonds. The standard InChI is InChI=1S/C16H12BrNO4S/c17-10-5-7-11(8-6-10)23(21,22)18-14-9-15(19)16(20)13-4-2-1-3-12(13)14/h1-9,18-20H. The Morgan fingerprint density at radius 2 is 1.52 bits per heavy atom. The predicted octanol–water partition coefficient (Wildman–Crippen LogP) is 3.81. The second-order valence-electron chi connectivity index (χ2n) is 4.90. The highest BCUT2D eigenvalue weighted by molar-refractivity contribution is 9.10. The molecule has 0 spiro atoms. The summed E-state index contributed by atoms with van der Waals surface area (Å²) in [5.41, 5.74) is 0.193. The lowest BCUT2D eigenvalue weighted by molar-refractivity contribution is 0.408. The van der Waals surface area contributed by atoms with Crippen molar-refractivity contribution in [2.24, 2.45) is 0 Å². The second kappa shape index (κ2) is 5.75. The maximum atomic E-state index is 12.5. The minimum absolute atomic E-state index is 0.0948. The van der Waals surface area contributed by atoms with E-state index in [1.165, 1.54) is 18.2 Å². The van der Waals surface area contributed by atoms with E-state index in [2.05, 4.69) is 20.7 Å². The van der Waals surface area contributed by atoms with E-state index in [-0.39, 0.29) is 16.3 Å². The van der Waals surface area contributed by atoms with Crippen molar-refractivity contribution < 1.29 is 18.6 Å². The molecule has 3 rings (SSSR count). The summed E-state index contributed by atoms with van der Waals surface area (Å²) >= 11 is 3.25. The van der Waals surface area contributed by atoms with E-state index in [9.17, 15) is 18.6 Å². The number of sulfonamides is 1. The molecule has 3 aromatic carbocycles. The molecule has 0 unspecified atom stereocenters. The lowest BCUT2D eigenvalue weighted by Gasteiger charge is -2.13. The van der Waals surface area contributed by atoms with Crippen LogP contribution in [0.2, 0.25) is 0 Å². The van der Waals surface area contributed by atoms with Gasteiger partial charge in [0.25, 0.3) is 10.0 Å². The number of nitrogens with one attached hydrogen (secondary N) is 1. The van der Waals surface area contributed by atoms with Gasteiger partial charge < -0.3 is 10.2 Å². The molecule has 0 fully saturated rings. The molecule has 0 atom stereocenters. The van der Waals surface area contributed by atoms with E-state index in [4.69, 9.17) is 0 Å². The van der Waals surface area contributed by atoms with Crippen LogP contribution in [0.3, 0.4) is 0 Å². The molecular formula is C16H12BrNO4S. The molecule has 7 heteroatoms. The van der Waals surface area contributed by atoms with Gasteiger partial charge in [0, 0.05) is 21.3 Å². The van der Waals surface area contributed by atoms with Gasteiger partial charge in [-0.2, -0.15) is 0 Å². The zero-order valence-electron chi connectivity index (χ0n) is 11.7. The zero-order valence-corrected chi connectivity index (χ0v) is 14.1. The van der Waals surface area contributed by atoms with Crippen molar-refractivity contribution in [1.82, 2.24) is 0 Å². The Hall–Kier alpha value is -2.25. The van der Waals surface area contributed by atoms with Crippen LogP contribution in [0.5, 0.6) is 11.5 Å². The minimum atomic E-state index is -3.81. The summed E-state index contributed by atoms with van der Waals surface area (Å²) in [4.78, 5) is 0.0948. The summed E-state index contributed by atoms with van der Waals surface area (Å²) in [6.07, 6.45) is 0. The normalized spacial score (nSPS) is 11.5. The number of benzene rings is 3. The quantitative estimate of drug-likeness (QED) is 0.466. The van der Waals surface area contributed by atoms with Crippen LogP contribution < -0.4 is 4.72 Å². The Morgan fingerprint density at radius 1 is 0.913 bits per heavy atom. The predicted molar refractivity (Wildman–Crippen MR) is 92.2 cm³/mol. The van der Waals surface area contributed by atoms with Crippen molar-refractivity contribution in [1.29, 1.82) is 0 Å². The van der Waals surface area contributed by atoms with Crippen molar-refractivity contribution in [3.8, 4) is 11.5 Å². The van der Waals surface area contributed by atoms with Gasteiger partial charge in [-0.3, -0.25) is 4.72 Å². The van der Waals surface area contributed by atoms with Crippen LogP contribution >= 0.6 is 15.9 Å². The number of halogens is 1. The molecule has 3 N–H and O–H groups in total. The number of rotatable bonds is 3. The Morgan fingerprint density at radius 3 is 2.17 bits per heavy atom. The molecule has 0 aliphatic heterocycles. The van der Waals surface area contributed by atoms with Crippen LogP contribution in [0, 0.1) is 0 Å². The zero-order chi connectivity index (χ0) is 16.6. The van der Waals surface area contributed by atoms with E-state index in [0.717, 1.165) is 4.47 Å². The van der Waals surface area contributed by atoms with Gasteiger partial charge in [-0.1, -0.05) is 40.2 Å². The van der Waals surface area contributed by atoms with Gasteiger partial charge in [0.2, 0.25) is 0 Å². The van der Waals surface area contributed by atoms with E-state index >= 15 is 0 Å². The van der Waals surface area contributed by atoms with Crippen molar-refractivity contribution in [3.05, 3.63) is 59.1 Å². The second-order valence-corrected chi connectivity index (χ2v) is 7.49. The number of anilines is 1. The number of phenols is 2. The molecule has 0 saturated heterocycles. The van der Waals surface area contributed by atoms with E-state index < -0.39 is 15.8 Å². The van der Waals surface area contributed by atoms with Crippen LogP contribution in [-0.4, -0.2) is 18.6 Å². The smallest absolute Gasteiger partial charge is 0.261 e. The molecule has 0 aliphatic carbocycles. The summed E-state index contributed by atoms with van der Waals surface area (Å²) in [6.45, 7) is 0. The van der Waals surface area contributed by atoms with Crippen molar-refractivity contribution in [2.45, 2.75) is 4.90 Å². The number of phenolic OH excluding ortho intramolecular Hbond substituents is 2. The molecule has 23 heavy (non-hydrogen) atoms. The van der Waals surface area contributed by atoms with Crippen LogP contribution in [0.25, 0.3) is 10.8 Å². The van der Waals surface area contributed by atoms with E-state index in [1.807, 2.05) is 0 Å². The summed E-state index contributed by atoms with van der Waals surface area (Å²) in [6, 6.07) is 14.0. The lowest BCUT2D eigenvalue weighted by Crippen LogP contribution is -2.13. The van der Waals surface area contributed by atoms with Gasteiger partial charge in [0.15, 0.2) is 11.5 Å². The third-order valence-electron chi connectivity index (χ3n) is 3.36. The average molecular weight is 394 g/mol. The monoisotopic (exact) mass is 393 g/mol. The first-order valence-electron chi connectivity index (χ1n) is 6.60. The SMILES string of the molecule is O=S(=O)(Nc1cc(O)c(O)c2ccccc12)c1ccc(Br)cc1. The number of fused-ring (bicyclic) bond motifs is 1. The highest BCUT2D eigenvalue weighted by Gasteiger charge is 2.18. The molecule has 3 aromatic rings. The Kier molecular flexibility index (Phi) is 3.91. The first-order chi connectivity index (χ1) is 10.9. The molecule has 0 heterocycles. The first-order valence-corrected chi connectivity index (χ1v) is 8.88. The summed E-state index contributed by atoms with van der Waals surface area (Å²) in [5, 5.41) is 20.6. The van der Waals surface area contributed by atoms with E-state index in [1.54, 1.807) is 36.4 Å². The molecule has 0 bridgehead atoms. The fourth-order valence-electron chi connectivity index (χ4n) is 2.25. The van der Waals surface area contributed by atoms with Gasteiger partial charge in [-0.15, -0.1) is 0 Å². The Bertz CT molecular complexity index is 985. The molecule has 0 aromatic heterocycles. The summed E-state index contributed by atoms with van der Waals surface area (Å²) < 4.78 is 28.2. The van der Waals surface area contributed by atoms with Crippen LogP contribution in [0.4, 0.5) is 5.69 Å². The third kappa shape index (κ3) is 2.97. The van der Waals surface area contributed by atoms with Crippen LogP contribution in [-0.2, 0) is 10.0 Å².